The van der Waals surface area contributed by atoms with E-state index in [1.165, 1.54) is 37.7 Å². The number of aldehydes is 1. The predicted octanol–water partition coefficient (Wildman–Crippen LogP) is 4.23. The minimum absolute atomic E-state index is 0.520. The van der Waals surface area contributed by atoms with Crippen molar-refractivity contribution in [2.45, 2.75) is 63.5 Å². The Bertz CT molecular complexity index is 745. The Morgan fingerprint density at radius 2 is 1.62 bits per heavy atom. The fraction of sp³-hybridized carbons (Fsp3) is 0.462. The summed E-state index contributed by atoms with van der Waals surface area (Å²) < 4.78 is 0. The molecule has 6 N–H and O–H groups in total. The first-order valence-corrected chi connectivity index (χ1v) is 11.5. The van der Waals surface area contributed by atoms with Gasteiger partial charge in [-0.2, -0.15) is 0 Å². The molecule has 6 heteroatoms. The van der Waals surface area contributed by atoms with E-state index >= 15 is 0 Å². The molecule has 0 heterocycles. The zero-order valence-corrected chi connectivity index (χ0v) is 19.2. The molecule has 1 atom stereocenters. The lowest BCUT2D eigenvalue weighted by molar-refractivity contribution is -0.138. The molecular weight excluding hydrogens is 402 g/mol. The molecule has 1 aliphatic rings. The number of hydrogen-bond donors (Lipinski definition) is 4. The van der Waals surface area contributed by atoms with Gasteiger partial charge >= 0.3 is 5.97 Å². The van der Waals surface area contributed by atoms with E-state index in [0.717, 1.165) is 30.7 Å². The molecule has 1 fully saturated rings. The largest absolute Gasteiger partial charge is 0.480 e. The van der Waals surface area contributed by atoms with Crippen molar-refractivity contribution in [3.63, 3.8) is 0 Å². The normalized spacial score (nSPS) is 14.2. The van der Waals surface area contributed by atoms with Gasteiger partial charge in [0.15, 0.2) is 0 Å². The highest BCUT2D eigenvalue weighted by Gasteiger charge is 2.09. The highest BCUT2D eigenvalue weighted by molar-refractivity contribution is 5.76. The highest BCUT2D eigenvalue weighted by Crippen LogP contribution is 2.18. The molecule has 0 aromatic heterocycles. The average molecular weight is 442 g/mol. The monoisotopic (exact) mass is 441 g/mol. The van der Waals surface area contributed by atoms with Gasteiger partial charge in [0, 0.05) is 11.6 Å². The summed E-state index contributed by atoms with van der Waals surface area (Å²) in [4.78, 5) is 20.6. The van der Waals surface area contributed by atoms with Gasteiger partial charge in [-0.3, -0.25) is 9.59 Å². The maximum atomic E-state index is 10.5. The topological polar surface area (TPSA) is 118 Å². The van der Waals surface area contributed by atoms with Gasteiger partial charge in [-0.1, -0.05) is 80.3 Å². The molecule has 32 heavy (non-hydrogen) atoms. The predicted molar refractivity (Wildman–Crippen MR) is 132 cm³/mol. The van der Waals surface area contributed by atoms with Crippen LogP contribution in [0.2, 0.25) is 0 Å². The minimum atomic E-state index is -0.933. The first-order valence-electron chi connectivity index (χ1n) is 11.5. The molecule has 0 unspecified atom stereocenters. The molecule has 176 valence electrons. The lowest BCUT2D eigenvalue weighted by atomic mass is 9.96. The summed E-state index contributed by atoms with van der Waals surface area (Å²) in [5.74, 6) is -0.933. The minimum Gasteiger partial charge on any atom is -0.480 e. The summed E-state index contributed by atoms with van der Waals surface area (Å²) in [6.45, 7) is 0.604. The van der Waals surface area contributed by atoms with E-state index in [4.69, 9.17) is 16.6 Å². The van der Waals surface area contributed by atoms with Gasteiger partial charge < -0.3 is 21.9 Å². The molecule has 0 saturated heterocycles. The molecule has 0 amide bonds. The highest BCUT2D eigenvalue weighted by atomic mass is 16.4. The SMILES string of the molecule is CNC1CCCCC1.NCCCC[C@H](N)C(=O)O.O=Cc1ccc(-c2ccccc2)cc1. The smallest absolute Gasteiger partial charge is 0.320 e. The molecule has 6 nitrogen and oxygen atoms in total. The Hall–Kier alpha value is -2.54. The molecule has 0 bridgehead atoms. The van der Waals surface area contributed by atoms with Gasteiger partial charge in [0.05, 0.1) is 0 Å². The van der Waals surface area contributed by atoms with Crippen LogP contribution in [0.5, 0.6) is 0 Å². The number of rotatable bonds is 8. The molecule has 2 aromatic carbocycles. The number of hydrogen-bond acceptors (Lipinski definition) is 5. The van der Waals surface area contributed by atoms with Crippen LogP contribution in [0.3, 0.4) is 0 Å². The van der Waals surface area contributed by atoms with E-state index in [1.807, 2.05) is 42.5 Å². The number of nitrogens with two attached hydrogens (primary N) is 2. The van der Waals surface area contributed by atoms with Crippen LogP contribution in [0.1, 0.15) is 61.7 Å². The van der Waals surface area contributed by atoms with Gasteiger partial charge in [-0.05, 0) is 50.4 Å². The first kappa shape index (κ1) is 27.5. The van der Waals surface area contributed by atoms with Gasteiger partial charge in [0.1, 0.15) is 12.3 Å². The van der Waals surface area contributed by atoms with Crippen molar-refractivity contribution >= 4 is 12.3 Å². The molecule has 3 rings (SSSR count). The van der Waals surface area contributed by atoms with Crippen molar-refractivity contribution < 1.29 is 14.7 Å². The van der Waals surface area contributed by atoms with Crippen LogP contribution < -0.4 is 16.8 Å². The molecule has 1 saturated carbocycles. The van der Waals surface area contributed by atoms with Gasteiger partial charge in [-0.15, -0.1) is 0 Å². The third kappa shape index (κ3) is 11.7. The van der Waals surface area contributed by atoms with Crippen LogP contribution in [0.25, 0.3) is 11.1 Å². The molecule has 0 spiro atoms. The lowest BCUT2D eigenvalue weighted by Gasteiger charge is -2.20. The molecular formula is C26H39N3O3. The number of benzene rings is 2. The van der Waals surface area contributed by atoms with E-state index in [1.54, 1.807) is 0 Å². The number of carbonyl (C=O) groups excluding carboxylic acids is 1. The van der Waals surface area contributed by atoms with Gasteiger partial charge in [-0.25, -0.2) is 0 Å². The first-order chi connectivity index (χ1) is 15.5. The Morgan fingerprint density at radius 3 is 2.09 bits per heavy atom. The summed E-state index contributed by atoms with van der Waals surface area (Å²) in [5, 5.41) is 11.6. The third-order valence-electron chi connectivity index (χ3n) is 5.45. The summed E-state index contributed by atoms with van der Waals surface area (Å²) in [5.41, 5.74) is 13.4. The second-order valence-electron chi connectivity index (χ2n) is 7.96. The number of nitrogens with one attached hydrogen (secondary N) is 1. The van der Waals surface area contributed by atoms with Crippen molar-refractivity contribution in [2.24, 2.45) is 11.5 Å². The second kappa shape index (κ2) is 17.1. The fourth-order valence-electron chi connectivity index (χ4n) is 3.41. The Morgan fingerprint density at radius 1 is 1.03 bits per heavy atom. The molecule has 0 radical (unpaired) electrons. The van der Waals surface area contributed by atoms with Crippen molar-refractivity contribution in [1.82, 2.24) is 5.32 Å². The second-order valence-corrected chi connectivity index (χ2v) is 7.96. The lowest BCUT2D eigenvalue weighted by Crippen LogP contribution is -2.29. The van der Waals surface area contributed by atoms with Crippen molar-refractivity contribution in [1.29, 1.82) is 0 Å². The summed E-state index contributed by atoms with van der Waals surface area (Å²) in [6, 6.07) is 17.8. The number of unbranched alkanes of at least 4 members (excludes halogenated alkanes) is 1. The Labute approximate surface area is 192 Å². The third-order valence-corrected chi connectivity index (χ3v) is 5.45. The van der Waals surface area contributed by atoms with E-state index in [9.17, 15) is 9.59 Å². The van der Waals surface area contributed by atoms with Crippen LogP contribution in [0, 0.1) is 0 Å². The molecule has 1 aliphatic carbocycles. The van der Waals surface area contributed by atoms with Crippen molar-refractivity contribution in [3.05, 3.63) is 60.2 Å². The zero-order valence-electron chi connectivity index (χ0n) is 19.2. The van der Waals surface area contributed by atoms with E-state index in [0.29, 0.717) is 18.5 Å². The van der Waals surface area contributed by atoms with Crippen LogP contribution in [-0.2, 0) is 4.79 Å². The van der Waals surface area contributed by atoms with E-state index in [-0.39, 0.29) is 0 Å². The number of carbonyl (C=O) groups is 2. The summed E-state index contributed by atoms with van der Waals surface area (Å²) in [7, 11) is 2.07. The number of carboxylic acid groups (broad SMARTS) is 1. The average Bonchev–Trinajstić information content (AvgIpc) is 2.86. The standard InChI is InChI=1S/C13H10O.C7H15N.C6H14N2O2/c14-10-11-6-8-13(9-7-11)12-4-2-1-3-5-12;1-8-7-5-3-2-4-6-7;7-4-2-1-3-5(8)6(9)10/h1-10H;7-8H,2-6H2,1H3;5H,1-4,7-8H2,(H,9,10)/t;;5-/m..0/s1. The maximum absolute atomic E-state index is 10.5. The van der Waals surface area contributed by atoms with Crippen LogP contribution in [0.4, 0.5) is 0 Å². The number of aliphatic carboxylic acids is 1. The maximum Gasteiger partial charge on any atom is 0.320 e. The fourth-order valence-corrected chi connectivity index (χ4v) is 3.41. The quantitative estimate of drug-likeness (QED) is 0.360. The summed E-state index contributed by atoms with van der Waals surface area (Å²) in [6.07, 6.45) is 10.1. The van der Waals surface area contributed by atoms with Crippen LogP contribution in [0.15, 0.2) is 54.6 Å². The van der Waals surface area contributed by atoms with Crippen LogP contribution >= 0.6 is 0 Å². The Balaban J connectivity index is 0.000000252. The van der Waals surface area contributed by atoms with Crippen molar-refractivity contribution in [3.8, 4) is 11.1 Å². The van der Waals surface area contributed by atoms with Crippen molar-refractivity contribution in [2.75, 3.05) is 13.6 Å². The zero-order chi connectivity index (χ0) is 23.6. The molecule has 2 aromatic rings. The van der Waals surface area contributed by atoms with E-state index < -0.39 is 12.0 Å². The van der Waals surface area contributed by atoms with Gasteiger partial charge in [0.25, 0.3) is 0 Å². The number of carboxylic acids is 1. The van der Waals surface area contributed by atoms with E-state index in [2.05, 4.69) is 24.5 Å². The molecule has 0 aliphatic heterocycles. The summed E-state index contributed by atoms with van der Waals surface area (Å²) >= 11 is 0. The van der Waals surface area contributed by atoms with Gasteiger partial charge in [0.2, 0.25) is 0 Å². The van der Waals surface area contributed by atoms with Crippen LogP contribution in [-0.4, -0.2) is 43.0 Å². The Kier molecular flexibility index (Phi) is 14.7.